The standard InChI is InChI=1S/C36H50BrN3O8/c1-6-9-14-19-39(18-8-3)34(44)32-36-20-25(37)31(48-36)28(29(36)33(43)40(32)23(4)21-41)35(45)47-30(24-15-12-11-13-16-24)26(22-46-5)38-27(42)17-10-7-2/h7-8,11-13,15-16,23,25-26,28-32,41H,2-3,6,9-10,14,17-22H2,1,4-5H3,(H,38,42)/t23-,25?,26+,28-,29+,30+,31-,32-,36+/m1/s1. The SMILES string of the molecule is C=CCCC(=O)N[C@@H](COC)[C@@H](OC(=O)[C@H]1[C@@H]2O[C@@]3(CC2Br)[C@@H]1C(=O)N([C@H](C)CO)[C@@H]3C(=O)N(CC=C)CCCCC)c1ccccc1. The number of ether oxygens (including phenoxy) is 3. The highest BCUT2D eigenvalue weighted by atomic mass is 79.9. The number of benzene rings is 1. The van der Waals surface area contributed by atoms with E-state index in [2.05, 4.69) is 41.3 Å². The van der Waals surface area contributed by atoms with E-state index >= 15 is 0 Å². The number of amides is 3. The number of carbonyl (C=O) groups is 4. The molecule has 2 N–H and O–H groups in total. The van der Waals surface area contributed by atoms with Gasteiger partial charge in [-0.05, 0) is 31.7 Å². The predicted molar refractivity (Wildman–Crippen MR) is 184 cm³/mol. The van der Waals surface area contributed by atoms with Gasteiger partial charge in [-0.15, -0.1) is 13.2 Å². The van der Waals surface area contributed by atoms with E-state index in [1.54, 1.807) is 36.1 Å². The number of alkyl halides is 1. The van der Waals surface area contributed by atoms with Crippen LogP contribution in [-0.2, 0) is 33.4 Å². The van der Waals surface area contributed by atoms with Crippen molar-refractivity contribution in [1.82, 2.24) is 15.1 Å². The predicted octanol–water partition coefficient (Wildman–Crippen LogP) is 3.70. The van der Waals surface area contributed by atoms with E-state index in [4.69, 9.17) is 14.2 Å². The second-order valence-electron chi connectivity index (χ2n) is 12.9. The molecule has 1 unspecified atom stereocenters. The van der Waals surface area contributed by atoms with E-state index in [-0.39, 0.29) is 36.3 Å². The van der Waals surface area contributed by atoms with Gasteiger partial charge < -0.3 is 34.4 Å². The zero-order chi connectivity index (χ0) is 35.0. The van der Waals surface area contributed by atoms with Gasteiger partial charge in [0.05, 0.1) is 43.2 Å². The van der Waals surface area contributed by atoms with Gasteiger partial charge in [-0.3, -0.25) is 19.2 Å². The van der Waals surface area contributed by atoms with Crippen molar-refractivity contribution in [3.63, 3.8) is 0 Å². The molecule has 1 spiro atoms. The molecule has 1 aromatic carbocycles. The van der Waals surface area contributed by atoms with Crippen LogP contribution in [0, 0.1) is 11.8 Å². The van der Waals surface area contributed by atoms with Crippen molar-refractivity contribution in [2.24, 2.45) is 11.8 Å². The normalized spacial score (nSPS) is 27.6. The minimum atomic E-state index is -1.31. The maximum absolute atomic E-state index is 14.4. The second-order valence-corrected chi connectivity index (χ2v) is 14.1. The molecule has 1 aromatic rings. The molecule has 48 heavy (non-hydrogen) atoms. The summed E-state index contributed by atoms with van der Waals surface area (Å²) in [6.45, 7) is 11.8. The highest BCUT2D eigenvalue weighted by molar-refractivity contribution is 9.09. The molecule has 3 aliphatic heterocycles. The Balaban J connectivity index is 1.71. The lowest BCUT2D eigenvalue weighted by molar-refractivity contribution is -0.163. The average molecular weight is 733 g/mol. The Morgan fingerprint density at radius 1 is 1.23 bits per heavy atom. The van der Waals surface area contributed by atoms with Crippen molar-refractivity contribution in [3.05, 3.63) is 61.2 Å². The van der Waals surface area contributed by atoms with Gasteiger partial charge in [0.1, 0.15) is 17.7 Å². The zero-order valence-corrected chi connectivity index (χ0v) is 29.8. The lowest BCUT2D eigenvalue weighted by Crippen LogP contribution is -2.58. The fourth-order valence-corrected chi connectivity index (χ4v) is 8.42. The first-order valence-corrected chi connectivity index (χ1v) is 17.8. The van der Waals surface area contributed by atoms with E-state index < -0.39 is 59.6 Å². The summed E-state index contributed by atoms with van der Waals surface area (Å²) >= 11 is 3.71. The van der Waals surface area contributed by atoms with Crippen LogP contribution in [-0.4, -0.2) is 107 Å². The summed E-state index contributed by atoms with van der Waals surface area (Å²) in [4.78, 5) is 58.9. The number of unbranched alkanes of at least 4 members (excludes halogenated alkanes) is 2. The molecule has 0 saturated carbocycles. The first-order chi connectivity index (χ1) is 23.1. The maximum Gasteiger partial charge on any atom is 0.313 e. The number of carbonyl (C=O) groups excluding carboxylic acids is 4. The summed E-state index contributed by atoms with van der Waals surface area (Å²) < 4.78 is 18.4. The highest BCUT2D eigenvalue weighted by Crippen LogP contribution is 2.61. The molecule has 3 saturated heterocycles. The Morgan fingerprint density at radius 3 is 2.58 bits per heavy atom. The summed E-state index contributed by atoms with van der Waals surface area (Å²) in [5.74, 6) is -3.68. The lowest BCUT2D eigenvalue weighted by Gasteiger charge is -2.38. The van der Waals surface area contributed by atoms with Gasteiger partial charge in [0, 0.05) is 31.4 Å². The molecule has 0 aliphatic carbocycles. The molecule has 3 fully saturated rings. The molecule has 4 rings (SSSR count). The number of hydrogen-bond donors (Lipinski definition) is 2. The Kier molecular flexibility index (Phi) is 13.4. The van der Waals surface area contributed by atoms with Crippen molar-refractivity contribution in [2.75, 3.05) is 33.4 Å². The maximum atomic E-state index is 14.4. The summed E-state index contributed by atoms with van der Waals surface area (Å²) in [5.41, 5.74) is -0.670. The number of nitrogens with one attached hydrogen (secondary N) is 1. The molecule has 3 aliphatic rings. The summed E-state index contributed by atoms with van der Waals surface area (Å²) in [6, 6.07) is 6.58. The summed E-state index contributed by atoms with van der Waals surface area (Å²) in [6.07, 6.45) is 5.34. The Labute approximate surface area is 292 Å². The molecule has 2 bridgehead atoms. The number of nitrogens with zero attached hydrogens (tertiary/aromatic N) is 2. The third-order valence-corrected chi connectivity index (χ3v) is 10.5. The molecular formula is C36H50BrN3O8. The van der Waals surface area contributed by atoms with E-state index in [0.717, 1.165) is 19.3 Å². The Hall–Kier alpha value is -3.06. The van der Waals surface area contributed by atoms with Gasteiger partial charge in [-0.1, -0.05) is 78.2 Å². The minimum absolute atomic E-state index is 0.0557. The number of likely N-dealkylation sites (tertiary alicyclic amines) is 1. The number of hydrogen-bond acceptors (Lipinski definition) is 8. The topological polar surface area (TPSA) is 135 Å². The van der Waals surface area contributed by atoms with E-state index in [1.165, 1.54) is 12.0 Å². The van der Waals surface area contributed by atoms with E-state index in [0.29, 0.717) is 31.5 Å². The average Bonchev–Trinajstić information content (AvgIpc) is 3.68. The van der Waals surface area contributed by atoms with Crippen LogP contribution in [0.5, 0.6) is 0 Å². The Morgan fingerprint density at radius 2 is 1.96 bits per heavy atom. The molecular weight excluding hydrogens is 682 g/mol. The number of aliphatic hydroxyl groups excluding tert-OH is 1. The van der Waals surface area contributed by atoms with Gasteiger partial charge in [0.2, 0.25) is 17.7 Å². The number of rotatable bonds is 19. The van der Waals surface area contributed by atoms with Crippen molar-refractivity contribution < 1.29 is 38.5 Å². The Bertz CT molecular complexity index is 1310. The van der Waals surface area contributed by atoms with Gasteiger partial charge in [-0.2, -0.15) is 0 Å². The largest absolute Gasteiger partial charge is 0.455 e. The number of aliphatic hydroxyl groups is 1. The fourth-order valence-electron chi connectivity index (χ4n) is 7.48. The molecule has 12 heteroatoms. The number of methoxy groups -OCH3 is 1. The van der Waals surface area contributed by atoms with E-state index in [1.807, 2.05) is 18.2 Å². The van der Waals surface area contributed by atoms with Crippen molar-refractivity contribution in [1.29, 1.82) is 0 Å². The number of allylic oxidation sites excluding steroid dienone is 1. The summed E-state index contributed by atoms with van der Waals surface area (Å²) in [5, 5.41) is 13.2. The first kappa shape index (κ1) is 37.8. The molecule has 0 radical (unpaired) electrons. The summed E-state index contributed by atoms with van der Waals surface area (Å²) in [7, 11) is 1.50. The van der Waals surface area contributed by atoms with Crippen LogP contribution in [0.1, 0.15) is 64.0 Å². The highest BCUT2D eigenvalue weighted by Gasteiger charge is 2.77. The molecule has 9 atom stereocenters. The third-order valence-electron chi connectivity index (χ3n) is 9.67. The van der Waals surface area contributed by atoms with Crippen LogP contribution in [0.4, 0.5) is 0 Å². The molecule has 3 amide bonds. The van der Waals surface area contributed by atoms with Gasteiger partial charge in [0.25, 0.3) is 0 Å². The van der Waals surface area contributed by atoms with Gasteiger partial charge >= 0.3 is 5.97 Å². The van der Waals surface area contributed by atoms with Gasteiger partial charge in [-0.25, -0.2) is 0 Å². The van der Waals surface area contributed by atoms with Crippen molar-refractivity contribution in [2.45, 2.75) is 93.1 Å². The fraction of sp³-hybridized carbons (Fsp3) is 0.611. The van der Waals surface area contributed by atoms with Gasteiger partial charge in [0.15, 0.2) is 0 Å². The monoisotopic (exact) mass is 731 g/mol. The van der Waals surface area contributed by atoms with E-state index in [9.17, 15) is 24.3 Å². The number of esters is 1. The minimum Gasteiger partial charge on any atom is -0.455 e. The first-order valence-electron chi connectivity index (χ1n) is 16.9. The van der Waals surface area contributed by atoms with Crippen LogP contribution < -0.4 is 5.32 Å². The quantitative estimate of drug-likeness (QED) is 0.0953. The van der Waals surface area contributed by atoms with Crippen LogP contribution >= 0.6 is 15.9 Å². The van der Waals surface area contributed by atoms with Crippen molar-refractivity contribution >= 4 is 39.6 Å². The number of halogens is 1. The molecule has 3 heterocycles. The zero-order valence-electron chi connectivity index (χ0n) is 28.2. The molecule has 11 nitrogen and oxygen atoms in total. The van der Waals surface area contributed by atoms with Crippen LogP contribution in [0.3, 0.4) is 0 Å². The van der Waals surface area contributed by atoms with Crippen LogP contribution in [0.15, 0.2) is 55.6 Å². The number of fused-ring (bicyclic) bond motifs is 1. The lowest BCUT2D eigenvalue weighted by atomic mass is 9.70. The third kappa shape index (κ3) is 7.56. The second kappa shape index (κ2) is 17.0. The van der Waals surface area contributed by atoms with Crippen LogP contribution in [0.25, 0.3) is 0 Å². The van der Waals surface area contributed by atoms with Crippen molar-refractivity contribution in [3.8, 4) is 0 Å². The molecule has 0 aromatic heterocycles. The molecule has 264 valence electrons. The van der Waals surface area contributed by atoms with Crippen LogP contribution in [0.2, 0.25) is 0 Å². The smallest absolute Gasteiger partial charge is 0.313 e.